The quantitative estimate of drug-likeness (QED) is 0.764. The zero-order chi connectivity index (χ0) is 17.5. The van der Waals surface area contributed by atoms with Crippen LogP contribution in [0.5, 0.6) is 0 Å². The van der Waals surface area contributed by atoms with Gasteiger partial charge in [-0.25, -0.2) is 0 Å². The maximum absolute atomic E-state index is 11.8. The van der Waals surface area contributed by atoms with Crippen LogP contribution in [0.1, 0.15) is 38.3 Å². The van der Waals surface area contributed by atoms with E-state index in [1.165, 1.54) is 12.0 Å². The Bertz CT molecular complexity index is 547. The van der Waals surface area contributed by atoms with Crippen molar-refractivity contribution in [3.05, 3.63) is 42.3 Å². The summed E-state index contributed by atoms with van der Waals surface area (Å²) in [7, 11) is 0. The Kier molecular flexibility index (Phi) is 6.79. The monoisotopic (exact) mass is 330 g/mol. The van der Waals surface area contributed by atoms with Crippen molar-refractivity contribution in [2.24, 2.45) is 17.6 Å². The van der Waals surface area contributed by atoms with E-state index < -0.39 is 0 Å². The molecule has 1 aromatic rings. The van der Waals surface area contributed by atoms with Crippen LogP contribution < -0.4 is 11.1 Å². The molecule has 24 heavy (non-hydrogen) atoms. The van der Waals surface area contributed by atoms with E-state index in [0.717, 1.165) is 19.5 Å². The molecule has 3 N–H and O–H groups in total. The molecule has 1 fully saturated rings. The van der Waals surface area contributed by atoms with Gasteiger partial charge in [0, 0.05) is 25.0 Å². The molecule has 1 aliphatic heterocycles. The average molecular weight is 330 g/mol. The summed E-state index contributed by atoms with van der Waals surface area (Å²) in [4.78, 5) is 25.3. The number of benzene rings is 1. The molecule has 5 heteroatoms. The van der Waals surface area contributed by atoms with Crippen LogP contribution in [0.3, 0.4) is 0 Å². The Morgan fingerprint density at radius 3 is 2.71 bits per heavy atom. The Balaban J connectivity index is 1.70. The van der Waals surface area contributed by atoms with Gasteiger partial charge in [0.2, 0.25) is 11.8 Å². The number of carbonyl (C=O) groups is 2. The van der Waals surface area contributed by atoms with Crippen molar-refractivity contribution in [2.75, 3.05) is 19.6 Å². The first kappa shape index (κ1) is 18.5. The number of primary amides is 1. The highest BCUT2D eigenvalue weighted by molar-refractivity contribution is 5.85. The number of carbonyl (C=O) groups excluding carboxylic acids is 2. The molecule has 1 saturated heterocycles. The van der Waals surface area contributed by atoms with E-state index in [9.17, 15) is 9.59 Å². The van der Waals surface area contributed by atoms with Crippen molar-refractivity contribution in [1.29, 1.82) is 0 Å². The lowest BCUT2D eigenvalue weighted by molar-refractivity contribution is -0.121. The highest BCUT2D eigenvalue weighted by Crippen LogP contribution is 2.26. The molecule has 0 aliphatic carbocycles. The van der Waals surface area contributed by atoms with Crippen molar-refractivity contribution in [1.82, 2.24) is 10.2 Å². The Morgan fingerprint density at radius 1 is 1.33 bits per heavy atom. The first-order valence-corrected chi connectivity index (χ1v) is 8.66. The second kappa shape index (κ2) is 8.83. The van der Waals surface area contributed by atoms with Crippen molar-refractivity contribution < 1.29 is 9.59 Å². The lowest BCUT2D eigenvalue weighted by atomic mass is 10.0. The molecule has 2 unspecified atom stereocenters. The summed E-state index contributed by atoms with van der Waals surface area (Å²) in [5, 5.41) is 2.94. The van der Waals surface area contributed by atoms with Crippen molar-refractivity contribution in [2.45, 2.75) is 32.7 Å². The number of nitrogens with zero attached hydrogens (tertiary/aromatic N) is 1. The molecular weight excluding hydrogens is 302 g/mol. The van der Waals surface area contributed by atoms with Crippen LogP contribution >= 0.6 is 0 Å². The lowest BCUT2D eigenvalue weighted by Crippen LogP contribution is -2.32. The van der Waals surface area contributed by atoms with Crippen LogP contribution in [-0.2, 0) is 9.59 Å². The normalized spacial score (nSPS) is 20.5. The van der Waals surface area contributed by atoms with E-state index in [1.807, 2.05) is 6.07 Å². The van der Waals surface area contributed by atoms with E-state index in [-0.39, 0.29) is 17.7 Å². The summed E-state index contributed by atoms with van der Waals surface area (Å²) in [5.74, 6) is -0.315. The predicted molar refractivity (Wildman–Crippen MR) is 94.8 cm³/mol. The standard InChI is InChI=1S/C19H28N3O2/c1-14(19(20)24)8-9-18(23)21-12-16-10-11-22(13-16)15(2)17-6-4-3-5-7-17/h3-7,9,14-16H,8,10-13H2,1-2H3,(H2,20,24)(H,21,23)/t14?,15-,16?/m0/s1. The molecule has 1 aromatic carbocycles. The molecule has 0 saturated carbocycles. The number of likely N-dealkylation sites (tertiary alicyclic amines) is 1. The Hall–Kier alpha value is -1.88. The van der Waals surface area contributed by atoms with Gasteiger partial charge in [-0.2, -0.15) is 0 Å². The Labute approximate surface area is 144 Å². The molecule has 131 valence electrons. The molecule has 3 atom stereocenters. The maximum Gasteiger partial charge on any atom is 0.223 e. The van der Waals surface area contributed by atoms with Crippen LogP contribution in [-0.4, -0.2) is 36.3 Å². The van der Waals surface area contributed by atoms with Gasteiger partial charge in [-0.15, -0.1) is 0 Å². The van der Waals surface area contributed by atoms with E-state index in [1.54, 1.807) is 6.92 Å². The molecule has 1 heterocycles. The predicted octanol–water partition coefficient (Wildman–Crippen LogP) is 1.90. The number of hydrogen-bond donors (Lipinski definition) is 2. The minimum absolute atomic E-state index is 0.113. The van der Waals surface area contributed by atoms with Crippen molar-refractivity contribution in [3.63, 3.8) is 0 Å². The van der Waals surface area contributed by atoms with Gasteiger partial charge in [0.15, 0.2) is 0 Å². The minimum atomic E-state index is -0.375. The molecule has 0 aromatic heterocycles. The fourth-order valence-electron chi connectivity index (χ4n) is 3.04. The zero-order valence-corrected chi connectivity index (χ0v) is 14.6. The van der Waals surface area contributed by atoms with Crippen LogP contribution in [0.2, 0.25) is 0 Å². The van der Waals surface area contributed by atoms with Gasteiger partial charge < -0.3 is 11.1 Å². The first-order valence-electron chi connectivity index (χ1n) is 8.66. The fourth-order valence-corrected chi connectivity index (χ4v) is 3.04. The van der Waals surface area contributed by atoms with Gasteiger partial charge in [-0.05, 0) is 37.8 Å². The van der Waals surface area contributed by atoms with Gasteiger partial charge in [0.25, 0.3) is 0 Å². The molecule has 2 amide bonds. The van der Waals surface area contributed by atoms with Crippen molar-refractivity contribution in [3.8, 4) is 0 Å². The van der Waals surface area contributed by atoms with Gasteiger partial charge in [0.05, 0.1) is 6.42 Å². The smallest absolute Gasteiger partial charge is 0.223 e. The van der Waals surface area contributed by atoms with E-state index in [0.29, 0.717) is 24.9 Å². The topological polar surface area (TPSA) is 75.4 Å². The average Bonchev–Trinajstić information content (AvgIpc) is 3.06. The summed E-state index contributed by atoms with van der Waals surface area (Å²) >= 11 is 0. The summed E-state index contributed by atoms with van der Waals surface area (Å²) in [6.45, 7) is 6.69. The fraction of sp³-hybridized carbons (Fsp3) is 0.526. The summed E-state index contributed by atoms with van der Waals surface area (Å²) in [5.41, 5.74) is 6.52. The van der Waals surface area contributed by atoms with Gasteiger partial charge >= 0.3 is 0 Å². The zero-order valence-electron chi connectivity index (χ0n) is 14.6. The van der Waals surface area contributed by atoms with Crippen LogP contribution in [0.15, 0.2) is 30.3 Å². The van der Waals surface area contributed by atoms with E-state index >= 15 is 0 Å². The third-order valence-corrected chi connectivity index (χ3v) is 4.85. The number of rotatable bonds is 8. The maximum atomic E-state index is 11.8. The molecule has 2 rings (SSSR count). The van der Waals surface area contributed by atoms with Crippen molar-refractivity contribution >= 4 is 11.8 Å². The minimum Gasteiger partial charge on any atom is -0.369 e. The van der Waals surface area contributed by atoms with E-state index in [2.05, 4.69) is 41.4 Å². The number of nitrogens with one attached hydrogen (secondary N) is 1. The molecule has 1 radical (unpaired) electrons. The van der Waals surface area contributed by atoms with Gasteiger partial charge in [-0.1, -0.05) is 37.3 Å². The van der Waals surface area contributed by atoms with Crippen LogP contribution in [0, 0.1) is 18.3 Å². The molecular formula is C19H28N3O2. The summed E-state index contributed by atoms with van der Waals surface area (Å²) < 4.78 is 0. The second-order valence-electron chi connectivity index (χ2n) is 6.72. The molecule has 1 aliphatic rings. The summed E-state index contributed by atoms with van der Waals surface area (Å²) in [6, 6.07) is 10.9. The number of amides is 2. The number of nitrogens with two attached hydrogens (primary N) is 1. The third kappa shape index (κ3) is 5.34. The Morgan fingerprint density at radius 2 is 2.04 bits per heavy atom. The second-order valence-corrected chi connectivity index (χ2v) is 6.72. The number of hydrogen-bond acceptors (Lipinski definition) is 3. The first-order chi connectivity index (χ1) is 11.5. The lowest BCUT2D eigenvalue weighted by Gasteiger charge is -2.24. The van der Waals surface area contributed by atoms with Gasteiger partial charge in [0.1, 0.15) is 0 Å². The van der Waals surface area contributed by atoms with Crippen LogP contribution in [0.25, 0.3) is 0 Å². The highest BCUT2D eigenvalue weighted by atomic mass is 16.2. The largest absolute Gasteiger partial charge is 0.369 e. The summed E-state index contributed by atoms with van der Waals surface area (Å²) in [6.07, 6.45) is 3.01. The highest BCUT2D eigenvalue weighted by Gasteiger charge is 2.26. The molecule has 0 spiro atoms. The molecule has 0 bridgehead atoms. The SMILES string of the molecule is CC(C[CH]C(=O)NCC1CCN([C@@H](C)c2ccccc2)C1)C(N)=O. The van der Waals surface area contributed by atoms with Gasteiger partial charge in [-0.3, -0.25) is 14.5 Å². The third-order valence-electron chi connectivity index (χ3n) is 4.85. The van der Waals surface area contributed by atoms with Crippen LogP contribution in [0.4, 0.5) is 0 Å². The van der Waals surface area contributed by atoms with E-state index in [4.69, 9.17) is 5.73 Å². The molecule has 5 nitrogen and oxygen atoms in total.